The summed E-state index contributed by atoms with van der Waals surface area (Å²) in [5.41, 5.74) is 8.50. The molecule has 7 heteroatoms. The monoisotopic (exact) mass is 324 g/mol. The number of primary amides is 1. The van der Waals surface area contributed by atoms with Gasteiger partial charge < -0.3 is 20.2 Å². The van der Waals surface area contributed by atoms with E-state index < -0.39 is 12.0 Å². The third kappa shape index (κ3) is 3.52. The summed E-state index contributed by atoms with van der Waals surface area (Å²) < 4.78 is 7.16. The third-order valence-corrected chi connectivity index (χ3v) is 3.39. The number of urea groups is 1. The molecule has 0 aliphatic rings. The number of carbonyl (C=O) groups excluding carboxylic acids is 2. The van der Waals surface area contributed by atoms with Gasteiger partial charge in [-0.25, -0.2) is 14.6 Å². The predicted octanol–water partition coefficient (Wildman–Crippen LogP) is 2.49. The van der Waals surface area contributed by atoms with Crippen molar-refractivity contribution in [2.75, 3.05) is 5.32 Å². The zero-order valence-electron chi connectivity index (χ0n) is 13.0. The summed E-state index contributed by atoms with van der Waals surface area (Å²) in [7, 11) is 0. The molecule has 0 aliphatic carbocycles. The number of esters is 1. The molecule has 0 radical (unpaired) electrons. The first-order valence-corrected chi connectivity index (χ1v) is 7.29. The number of nitrogens with zero attached hydrogens (tertiary/aromatic N) is 2. The van der Waals surface area contributed by atoms with E-state index in [-0.39, 0.29) is 6.61 Å². The van der Waals surface area contributed by atoms with E-state index in [1.54, 1.807) is 24.3 Å². The van der Waals surface area contributed by atoms with Gasteiger partial charge in [0.15, 0.2) is 0 Å². The van der Waals surface area contributed by atoms with Crippen molar-refractivity contribution in [3.63, 3.8) is 0 Å². The molecule has 0 saturated carbocycles. The molecule has 0 bridgehead atoms. The maximum Gasteiger partial charge on any atom is 0.338 e. The van der Waals surface area contributed by atoms with Gasteiger partial charge in [0, 0.05) is 18.1 Å². The van der Waals surface area contributed by atoms with E-state index in [0.717, 1.165) is 11.2 Å². The molecule has 2 aromatic heterocycles. The van der Waals surface area contributed by atoms with Crippen LogP contribution in [0.1, 0.15) is 21.6 Å². The fourth-order valence-corrected chi connectivity index (χ4v) is 2.28. The number of anilines is 1. The van der Waals surface area contributed by atoms with Gasteiger partial charge in [0.05, 0.1) is 11.3 Å². The van der Waals surface area contributed by atoms with Gasteiger partial charge in [0.2, 0.25) is 0 Å². The normalized spacial score (nSPS) is 10.5. The number of rotatable bonds is 4. The Morgan fingerprint density at radius 3 is 2.62 bits per heavy atom. The zero-order valence-corrected chi connectivity index (χ0v) is 13.0. The average Bonchev–Trinajstić information content (AvgIpc) is 2.94. The first kappa shape index (κ1) is 15.5. The molecule has 2 heterocycles. The maximum absolute atomic E-state index is 12.1. The number of nitrogens with one attached hydrogen (secondary N) is 1. The summed E-state index contributed by atoms with van der Waals surface area (Å²) in [5.74, 6) is -0.464. The quantitative estimate of drug-likeness (QED) is 0.720. The highest BCUT2D eigenvalue weighted by Gasteiger charge is 2.09. The summed E-state index contributed by atoms with van der Waals surface area (Å²) in [6.07, 6.45) is 3.79. The van der Waals surface area contributed by atoms with Crippen molar-refractivity contribution in [2.24, 2.45) is 5.73 Å². The van der Waals surface area contributed by atoms with Gasteiger partial charge in [0.1, 0.15) is 12.3 Å². The van der Waals surface area contributed by atoms with Gasteiger partial charge in [-0.05, 0) is 42.8 Å². The van der Waals surface area contributed by atoms with Crippen LogP contribution in [0, 0.1) is 6.92 Å². The van der Waals surface area contributed by atoms with Gasteiger partial charge in [0.25, 0.3) is 0 Å². The lowest BCUT2D eigenvalue weighted by Crippen LogP contribution is -2.19. The molecule has 3 rings (SSSR count). The number of ether oxygens (including phenoxy) is 1. The van der Waals surface area contributed by atoms with Crippen LogP contribution in [-0.4, -0.2) is 21.4 Å². The van der Waals surface area contributed by atoms with Gasteiger partial charge in [-0.15, -0.1) is 0 Å². The second-order valence-corrected chi connectivity index (χ2v) is 5.35. The van der Waals surface area contributed by atoms with Crippen LogP contribution in [0.25, 0.3) is 5.65 Å². The Morgan fingerprint density at radius 1 is 1.17 bits per heavy atom. The molecule has 1 aromatic carbocycles. The molecule has 7 nitrogen and oxygen atoms in total. The second kappa shape index (κ2) is 6.41. The number of fused-ring (bicyclic) bond motifs is 1. The lowest BCUT2D eigenvalue weighted by Gasteiger charge is -2.05. The van der Waals surface area contributed by atoms with Crippen LogP contribution in [0.15, 0.2) is 48.8 Å². The molecule has 0 fully saturated rings. The Bertz CT molecular complexity index is 900. The van der Waals surface area contributed by atoms with Gasteiger partial charge in [-0.3, -0.25) is 0 Å². The molecule has 0 unspecified atom stereocenters. The molecular weight excluding hydrogens is 308 g/mol. The second-order valence-electron chi connectivity index (χ2n) is 5.35. The first-order valence-electron chi connectivity index (χ1n) is 7.29. The molecule has 0 atom stereocenters. The number of carbonyl (C=O) groups is 2. The number of nitrogens with two attached hydrogens (primary N) is 1. The van der Waals surface area contributed by atoms with Gasteiger partial charge >= 0.3 is 12.0 Å². The average molecular weight is 324 g/mol. The van der Waals surface area contributed by atoms with Crippen molar-refractivity contribution >= 4 is 23.3 Å². The number of imidazole rings is 1. The topological polar surface area (TPSA) is 98.7 Å². The minimum atomic E-state index is -0.660. The number of pyridine rings is 1. The van der Waals surface area contributed by atoms with Crippen molar-refractivity contribution in [1.82, 2.24) is 9.38 Å². The Hall–Kier alpha value is -3.35. The van der Waals surface area contributed by atoms with Crippen LogP contribution < -0.4 is 11.1 Å². The summed E-state index contributed by atoms with van der Waals surface area (Å²) in [4.78, 5) is 27.2. The van der Waals surface area contributed by atoms with Crippen molar-refractivity contribution < 1.29 is 14.3 Å². The Balaban J connectivity index is 1.64. The smallest absolute Gasteiger partial charge is 0.338 e. The highest BCUT2D eigenvalue weighted by molar-refractivity contribution is 5.91. The number of aryl methyl sites for hydroxylation is 1. The van der Waals surface area contributed by atoms with E-state index >= 15 is 0 Å². The molecule has 122 valence electrons. The lowest BCUT2D eigenvalue weighted by molar-refractivity contribution is 0.0468. The highest BCUT2D eigenvalue weighted by Crippen LogP contribution is 2.12. The molecular formula is C17H16N4O3. The van der Waals surface area contributed by atoms with Gasteiger partial charge in [-0.1, -0.05) is 6.07 Å². The highest BCUT2D eigenvalue weighted by atomic mass is 16.5. The number of aromatic nitrogens is 2. The largest absolute Gasteiger partial charge is 0.456 e. The van der Waals surface area contributed by atoms with Crippen LogP contribution >= 0.6 is 0 Å². The SMILES string of the molecule is Cc1ccc2nc(COC(=O)c3ccc(NC(N)=O)cc3)cn2c1. The molecule has 24 heavy (non-hydrogen) atoms. The van der Waals surface area contributed by atoms with E-state index in [9.17, 15) is 9.59 Å². The summed E-state index contributed by atoms with van der Waals surface area (Å²) >= 11 is 0. The van der Waals surface area contributed by atoms with Crippen LogP contribution in [0.3, 0.4) is 0 Å². The lowest BCUT2D eigenvalue weighted by atomic mass is 10.2. The van der Waals surface area contributed by atoms with Crippen molar-refractivity contribution in [3.05, 3.63) is 65.6 Å². The molecule has 0 spiro atoms. The van der Waals surface area contributed by atoms with Crippen molar-refractivity contribution in [3.8, 4) is 0 Å². The maximum atomic E-state index is 12.1. The standard InChI is InChI=1S/C17H16N4O3/c1-11-2-7-15-19-14(9-21(15)8-11)10-24-16(22)12-3-5-13(6-4-12)20-17(18)23/h2-9H,10H2,1H3,(H3,18,20,23). The number of hydrogen-bond acceptors (Lipinski definition) is 4. The first-order chi connectivity index (χ1) is 11.5. The van der Waals surface area contributed by atoms with Crippen molar-refractivity contribution in [1.29, 1.82) is 0 Å². The van der Waals surface area contributed by atoms with E-state index in [1.165, 1.54) is 0 Å². The molecule has 3 aromatic rings. The fourth-order valence-electron chi connectivity index (χ4n) is 2.28. The zero-order chi connectivity index (χ0) is 17.1. The van der Waals surface area contributed by atoms with E-state index in [2.05, 4.69) is 10.3 Å². The van der Waals surface area contributed by atoms with Crippen LogP contribution in [0.4, 0.5) is 10.5 Å². The molecule has 0 saturated heterocycles. The fraction of sp³-hybridized carbons (Fsp3) is 0.118. The number of benzene rings is 1. The van der Waals surface area contributed by atoms with Crippen LogP contribution in [0.5, 0.6) is 0 Å². The van der Waals surface area contributed by atoms with Crippen molar-refractivity contribution in [2.45, 2.75) is 13.5 Å². The molecule has 2 amide bonds. The summed E-state index contributed by atoms with van der Waals surface area (Å²) in [6, 6.07) is 9.49. The minimum absolute atomic E-state index is 0.0842. The minimum Gasteiger partial charge on any atom is -0.456 e. The van der Waals surface area contributed by atoms with E-state index in [4.69, 9.17) is 10.5 Å². The molecule has 3 N–H and O–H groups in total. The summed E-state index contributed by atoms with van der Waals surface area (Å²) in [5, 5.41) is 2.42. The van der Waals surface area contributed by atoms with E-state index in [0.29, 0.717) is 16.9 Å². The Morgan fingerprint density at radius 2 is 1.92 bits per heavy atom. The van der Waals surface area contributed by atoms with Crippen LogP contribution in [-0.2, 0) is 11.3 Å². The van der Waals surface area contributed by atoms with Gasteiger partial charge in [-0.2, -0.15) is 0 Å². The predicted molar refractivity (Wildman–Crippen MR) is 88.7 cm³/mol. The van der Waals surface area contributed by atoms with E-state index in [1.807, 2.05) is 35.9 Å². The number of hydrogen-bond donors (Lipinski definition) is 2. The number of amides is 2. The summed E-state index contributed by atoms with van der Waals surface area (Å²) in [6.45, 7) is 2.08. The molecule has 0 aliphatic heterocycles. The van der Waals surface area contributed by atoms with Crippen LogP contribution in [0.2, 0.25) is 0 Å². The Labute approximate surface area is 138 Å². The third-order valence-electron chi connectivity index (χ3n) is 3.39. The Kier molecular flexibility index (Phi) is 4.15.